The average molecular weight is 198 g/mol. The number of carbonyl (C=O) groups is 1. The number of aliphatic carboxylic acids is 1. The predicted molar refractivity (Wildman–Crippen MR) is 54.2 cm³/mol. The van der Waals surface area contributed by atoms with Crippen LogP contribution in [0, 0.1) is 0 Å². The molecular weight excluding hydrogens is 180 g/mol. The van der Waals surface area contributed by atoms with Crippen molar-refractivity contribution in [1.29, 1.82) is 0 Å². The molecule has 0 bridgehead atoms. The second-order valence-corrected chi connectivity index (χ2v) is 4.03. The van der Waals surface area contributed by atoms with Gasteiger partial charge >= 0.3 is 5.97 Å². The molecule has 0 aliphatic heterocycles. The molecule has 0 aromatic rings. The molecule has 1 atom stereocenters. The quantitative estimate of drug-likeness (QED) is 0.708. The van der Waals surface area contributed by atoms with E-state index in [1.165, 1.54) is 0 Å². The molecule has 0 amide bonds. The van der Waals surface area contributed by atoms with E-state index in [4.69, 9.17) is 9.84 Å². The smallest absolute Gasteiger partial charge is 0.329 e. The van der Waals surface area contributed by atoms with E-state index in [1.807, 2.05) is 6.92 Å². The van der Waals surface area contributed by atoms with Crippen molar-refractivity contribution in [2.75, 3.05) is 6.61 Å². The fourth-order valence-corrected chi connectivity index (χ4v) is 1.72. The van der Waals surface area contributed by atoms with Crippen LogP contribution in [0.1, 0.15) is 39.0 Å². The second kappa shape index (κ2) is 5.15. The van der Waals surface area contributed by atoms with Crippen LogP contribution in [-0.2, 0) is 9.53 Å². The minimum atomic E-state index is -0.885. The number of carboxylic acid groups (broad SMARTS) is 1. The van der Waals surface area contributed by atoms with Gasteiger partial charge < -0.3 is 9.84 Å². The third kappa shape index (κ3) is 3.92. The molecule has 1 rings (SSSR count). The third-order valence-corrected chi connectivity index (χ3v) is 2.63. The third-order valence-electron chi connectivity index (χ3n) is 2.63. The summed E-state index contributed by atoms with van der Waals surface area (Å²) in [5, 5.41) is 8.55. The lowest BCUT2D eigenvalue weighted by Gasteiger charge is -2.29. The van der Waals surface area contributed by atoms with E-state index in [2.05, 4.69) is 12.2 Å². The van der Waals surface area contributed by atoms with Crippen LogP contribution in [0.2, 0.25) is 0 Å². The summed E-state index contributed by atoms with van der Waals surface area (Å²) in [4.78, 5) is 10.4. The first-order chi connectivity index (χ1) is 6.62. The summed E-state index contributed by atoms with van der Waals surface area (Å²) in [7, 11) is 0. The Hall–Kier alpha value is -0.830. The Bertz CT molecular complexity index is 223. The van der Waals surface area contributed by atoms with E-state index < -0.39 is 5.97 Å². The highest BCUT2D eigenvalue weighted by molar-refractivity contribution is 5.68. The summed E-state index contributed by atoms with van der Waals surface area (Å²) in [6, 6.07) is 0. The summed E-state index contributed by atoms with van der Waals surface area (Å²) in [6.07, 6.45) is 9.34. The van der Waals surface area contributed by atoms with Gasteiger partial charge in [0.1, 0.15) is 6.61 Å². The minimum Gasteiger partial charge on any atom is -0.480 e. The summed E-state index contributed by atoms with van der Waals surface area (Å²) >= 11 is 0. The van der Waals surface area contributed by atoms with Crippen molar-refractivity contribution in [1.82, 2.24) is 0 Å². The highest BCUT2D eigenvalue weighted by Crippen LogP contribution is 2.26. The maximum atomic E-state index is 10.4. The van der Waals surface area contributed by atoms with E-state index in [-0.39, 0.29) is 12.2 Å². The second-order valence-electron chi connectivity index (χ2n) is 4.03. The Morgan fingerprint density at radius 3 is 2.86 bits per heavy atom. The maximum absolute atomic E-state index is 10.4. The number of carboxylic acids is 1. The molecule has 0 heterocycles. The Labute approximate surface area is 84.8 Å². The maximum Gasteiger partial charge on any atom is 0.329 e. The van der Waals surface area contributed by atoms with Crippen LogP contribution in [0.15, 0.2) is 12.2 Å². The van der Waals surface area contributed by atoms with Crippen molar-refractivity contribution < 1.29 is 14.6 Å². The van der Waals surface area contributed by atoms with Crippen LogP contribution in [0.5, 0.6) is 0 Å². The van der Waals surface area contributed by atoms with E-state index in [1.54, 1.807) is 0 Å². The van der Waals surface area contributed by atoms with Gasteiger partial charge in [0.05, 0.1) is 5.60 Å². The van der Waals surface area contributed by atoms with Crippen molar-refractivity contribution >= 4 is 5.97 Å². The molecule has 0 saturated carbocycles. The van der Waals surface area contributed by atoms with E-state index in [9.17, 15) is 4.79 Å². The average Bonchev–Trinajstić information content (AvgIpc) is 2.09. The van der Waals surface area contributed by atoms with Gasteiger partial charge in [-0.2, -0.15) is 0 Å². The lowest BCUT2D eigenvalue weighted by atomic mass is 9.91. The summed E-state index contributed by atoms with van der Waals surface area (Å²) in [5.74, 6) is -0.885. The highest BCUT2D eigenvalue weighted by Gasteiger charge is 2.25. The van der Waals surface area contributed by atoms with Crippen molar-refractivity contribution in [3.63, 3.8) is 0 Å². The lowest BCUT2D eigenvalue weighted by molar-refractivity contribution is -0.149. The van der Waals surface area contributed by atoms with Gasteiger partial charge in [0, 0.05) is 0 Å². The van der Waals surface area contributed by atoms with Gasteiger partial charge in [0.25, 0.3) is 0 Å². The fraction of sp³-hybridized carbons (Fsp3) is 0.727. The van der Waals surface area contributed by atoms with Gasteiger partial charge in [0.15, 0.2) is 0 Å². The number of hydrogen-bond donors (Lipinski definition) is 1. The number of hydrogen-bond acceptors (Lipinski definition) is 2. The Balaban J connectivity index is 2.44. The molecule has 0 unspecified atom stereocenters. The molecule has 1 aliphatic carbocycles. The molecule has 80 valence electrons. The Morgan fingerprint density at radius 1 is 1.43 bits per heavy atom. The van der Waals surface area contributed by atoms with E-state index in [0.29, 0.717) is 0 Å². The molecule has 0 aromatic carbocycles. The van der Waals surface area contributed by atoms with E-state index in [0.717, 1.165) is 32.1 Å². The summed E-state index contributed by atoms with van der Waals surface area (Å²) < 4.78 is 5.43. The van der Waals surface area contributed by atoms with Crippen LogP contribution in [0.25, 0.3) is 0 Å². The van der Waals surface area contributed by atoms with Crippen LogP contribution in [-0.4, -0.2) is 23.3 Å². The Kier molecular flexibility index (Phi) is 4.14. The standard InChI is InChI=1S/C11H18O3/c1-11(14-9-10(12)13)7-5-3-2-4-6-8-11/h2-3H,4-9H2,1H3,(H,12,13)/b3-2+/t11-/m0/s1. The Morgan fingerprint density at radius 2 is 2.14 bits per heavy atom. The topological polar surface area (TPSA) is 46.5 Å². The summed E-state index contributed by atoms with van der Waals surface area (Å²) in [6.45, 7) is 1.83. The molecule has 14 heavy (non-hydrogen) atoms. The molecule has 3 heteroatoms. The van der Waals surface area contributed by atoms with Gasteiger partial charge in [-0.15, -0.1) is 0 Å². The zero-order valence-corrected chi connectivity index (χ0v) is 8.66. The fourth-order valence-electron chi connectivity index (χ4n) is 1.72. The molecule has 0 radical (unpaired) electrons. The molecule has 3 nitrogen and oxygen atoms in total. The van der Waals surface area contributed by atoms with Crippen LogP contribution in [0.3, 0.4) is 0 Å². The zero-order chi connectivity index (χ0) is 10.4. The van der Waals surface area contributed by atoms with Gasteiger partial charge in [-0.1, -0.05) is 12.2 Å². The van der Waals surface area contributed by atoms with Crippen molar-refractivity contribution in [3.8, 4) is 0 Å². The van der Waals surface area contributed by atoms with Crippen LogP contribution < -0.4 is 0 Å². The van der Waals surface area contributed by atoms with Crippen molar-refractivity contribution in [2.24, 2.45) is 0 Å². The number of ether oxygens (including phenoxy) is 1. The number of allylic oxidation sites excluding steroid dienone is 2. The first-order valence-electron chi connectivity index (χ1n) is 5.13. The van der Waals surface area contributed by atoms with Gasteiger partial charge in [-0.3, -0.25) is 0 Å². The molecule has 0 saturated heterocycles. The van der Waals surface area contributed by atoms with Crippen molar-refractivity contribution in [2.45, 2.75) is 44.6 Å². The van der Waals surface area contributed by atoms with Gasteiger partial charge in [-0.25, -0.2) is 4.79 Å². The zero-order valence-electron chi connectivity index (χ0n) is 8.66. The molecule has 1 N–H and O–H groups in total. The molecule has 0 spiro atoms. The monoisotopic (exact) mass is 198 g/mol. The number of rotatable bonds is 3. The molecule has 1 aliphatic rings. The summed E-state index contributed by atoms with van der Waals surface area (Å²) in [5.41, 5.74) is -0.247. The van der Waals surface area contributed by atoms with Crippen molar-refractivity contribution in [3.05, 3.63) is 12.2 Å². The van der Waals surface area contributed by atoms with Crippen LogP contribution >= 0.6 is 0 Å². The highest BCUT2D eigenvalue weighted by atomic mass is 16.5. The van der Waals surface area contributed by atoms with Gasteiger partial charge in [0.2, 0.25) is 0 Å². The SMILES string of the molecule is C[C@]1(OCC(=O)O)CC/C=C/CCC1. The minimum absolute atomic E-state index is 0.180. The molecular formula is C11H18O3. The predicted octanol–water partition coefficient (Wildman–Crippen LogP) is 2.37. The molecule has 0 aromatic heterocycles. The molecule has 0 fully saturated rings. The largest absolute Gasteiger partial charge is 0.480 e. The van der Waals surface area contributed by atoms with Gasteiger partial charge in [-0.05, 0) is 39.0 Å². The van der Waals surface area contributed by atoms with Crippen LogP contribution in [0.4, 0.5) is 0 Å². The lowest BCUT2D eigenvalue weighted by Crippen LogP contribution is -2.31. The normalized spacial score (nSPS) is 30.4. The first-order valence-corrected chi connectivity index (χ1v) is 5.13. The van der Waals surface area contributed by atoms with E-state index >= 15 is 0 Å². The first kappa shape index (κ1) is 11.2.